The van der Waals surface area contributed by atoms with Crippen LogP contribution in [0, 0.1) is 0 Å². The zero-order valence-electron chi connectivity index (χ0n) is 18.7. The van der Waals surface area contributed by atoms with Gasteiger partial charge in [-0.2, -0.15) is 0 Å². The second kappa shape index (κ2) is 13.2. The molecule has 31 heavy (non-hydrogen) atoms. The quantitative estimate of drug-likeness (QED) is 0.576. The van der Waals surface area contributed by atoms with Crippen molar-refractivity contribution >= 4 is 11.8 Å². The summed E-state index contributed by atoms with van der Waals surface area (Å²) in [6.45, 7) is 9.56. The third-order valence-electron chi connectivity index (χ3n) is 5.62. The van der Waals surface area contributed by atoms with E-state index >= 15 is 0 Å². The molecule has 1 heterocycles. The van der Waals surface area contributed by atoms with Crippen LogP contribution in [-0.4, -0.2) is 66.8 Å². The molecule has 0 atom stereocenters. The van der Waals surface area contributed by atoms with Crippen molar-refractivity contribution in [1.29, 1.82) is 0 Å². The topological polar surface area (TPSA) is 90.9 Å². The predicted molar refractivity (Wildman–Crippen MR) is 122 cm³/mol. The van der Waals surface area contributed by atoms with Gasteiger partial charge in [0.15, 0.2) is 0 Å². The van der Waals surface area contributed by atoms with Gasteiger partial charge in [0, 0.05) is 31.7 Å². The molecule has 2 amide bonds. The van der Waals surface area contributed by atoms with E-state index in [9.17, 15) is 9.59 Å². The molecule has 7 nitrogen and oxygen atoms in total. The van der Waals surface area contributed by atoms with Crippen LogP contribution in [0.25, 0.3) is 0 Å². The first-order valence-electron chi connectivity index (χ1n) is 11.2. The molecule has 1 aromatic carbocycles. The highest BCUT2D eigenvalue weighted by molar-refractivity contribution is 5.99. The highest BCUT2D eigenvalue weighted by atomic mass is 16.5. The fourth-order valence-electron chi connectivity index (χ4n) is 3.97. The summed E-state index contributed by atoms with van der Waals surface area (Å²) in [6, 6.07) is 7.61. The molecule has 0 bridgehead atoms. The molecular weight excluding hydrogens is 394 g/mol. The normalized spacial score (nSPS) is 18.3. The molecule has 2 fully saturated rings. The Labute approximate surface area is 185 Å². The Bertz CT molecular complexity index is 693. The number of aliphatic hydroxyl groups is 1. The lowest BCUT2D eigenvalue weighted by molar-refractivity contribution is -0.128. The van der Waals surface area contributed by atoms with E-state index in [1.54, 1.807) is 6.08 Å². The monoisotopic (exact) mass is 431 g/mol. The fraction of sp³-hybridized carbons (Fsp3) is 0.583. The molecule has 0 aromatic heterocycles. The van der Waals surface area contributed by atoms with E-state index in [2.05, 4.69) is 22.1 Å². The molecule has 1 aliphatic carbocycles. The zero-order chi connectivity index (χ0) is 22.5. The van der Waals surface area contributed by atoms with Crippen molar-refractivity contribution in [3.8, 4) is 0 Å². The molecule has 1 aromatic rings. The van der Waals surface area contributed by atoms with E-state index in [1.165, 1.54) is 0 Å². The van der Waals surface area contributed by atoms with Crippen molar-refractivity contribution in [2.75, 3.05) is 39.5 Å². The van der Waals surface area contributed by atoms with Crippen LogP contribution in [-0.2, 0) is 16.1 Å². The van der Waals surface area contributed by atoms with Gasteiger partial charge in [0.25, 0.3) is 5.91 Å². The average Bonchev–Trinajstić information content (AvgIpc) is 2.79. The first-order chi connectivity index (χ1) is 15.0. The van der Waals surface area contributed by atoms with Gasteiger partial charge in [-0.05, 0) is 37.5 Å². The van der Waals surface area contributed by atoms with Gasteiger partial charge >= 0.3 is 0 Å². The number of nitrogens with zero attached hydrogens (tertiary/aromatic N) is 1. The predicted octanol–water partition coefficient (Wildman–Crippen LogP) is 2.25. The van der Waals surface area contributed by atoms with E-state index in [0.29, 0.717) is 18.4 Å². The Morgan fingerprint density at radius 3 is 2.35 bits per heavy atom. The molecule has 1 saturated heterocycles. The van der Waals surface area contributed by atoms with Crippen LogP contribution in [0.4, 0.5) is 0 Å². The average molecular weight is 432 g/mol. The van der Waals surface area contributed by atoms with Crippen molar-refractivity contribution in [2.24, 2.45) is 0 Å². The number of hydrogen-bond acceptors (Lipinski definition) is 5. The lowest BCUT2D eigenvalue weighted by atomic mass is 9.80. The zero-order valence-corrected chi connectivity index (χ0v) is 18.7. The molecule has 172 valence electrons. The number of carbonyl (C=O) groups is 2. The minimum atomic E-state index is -0.878. The van der Waals surface area contributed by atoms with E-state index in [4.69, 9.17) is 9.84 Å². The molecule has 3 N–H and O–H groups in total. The van der Waals surface area contributed by atoms with E-state index < -0.39 is 5.54 Å². The van der Waals surface area contributed by atoms with E-state index in [1.807, 2.05) is 31.2 Å². The van der Waals surface area contributed by atoms with Gasteiger partial charge in [0.1, 0.15) is 5.54 Å². The summed E-state index contributed by atoms with van der Waals surface area (Å²) < 4.78 is 5.37. The van der Waals surface area contributed by atoms with Crippen LogP contribution in [0.1, 0.15) is 54.9 Å². The Balaban J connectivity index is 0.00000107. The highest BCUT2D eigenvalue weighted by Gasteiger charge is 2.40. The Morgan fingerprint density at radius 2 is 1.77 bits per heavy atom. The summed E-state index contributed by atoms with van der Waals surface area (Å²) in [4.78, 5) is 27.8. The number of nitrogens with one attached hydrogen (secondary N) is 2. The van der Waals surface area contributed by atoms with E-state index in [0.717, 1.165) is 57.7 Å². The van der Waals surface area contributed by atoms with Crippen molar-refractivity contribution in [3.63, 3.8) is 0 Å². The summed E-state index contributed by atoms with van der Waals surface area (Å²) in [5, 5.41) is 14.7. The summed E-state index contributed by atoms with van der Waals surface area (Å²) in [5.74, 6) is -0.419. The third-order valence-corrected chi connectivity index (χ3v) is 5.62. The SMILES string of the molecule is C=CC.O=C(NC1(C(=O)NCCO)CCCCC1)c1ccc(CN2CCOCC2)cc1. The van der Waals surface area contributed by atoms with Gasteiger partial charge in [-0.3, -0.25) is 14.5 Å². The number of aliphatic hydroxyl groups excluding tert-OH is 1. The van der Waals surface area contributed by atoms with Crippen molar-refractivity contribution in [1.82, 2.24) is 15.5 Å². The van der Waals surface area contributed by atoms with Crippen molar-refractivity contribution in [2.45, 2.75) is 51.1 Å². The molecule has 7 heteroatoms. The minimum Gasteiger partial charge on any atom is -0.395 e. The van der Waals surface area contributed by atoms with Crippen LogP contribution in [0.2, 0.25) is 0 Å². The van der Waals surface area contributed by atoms with E-state index in [-0.39, 0.29) is 25.0 Å². The number of amides is 2. The maximum atomic E-state index is 12.8. The first-order valence-corrected chi connectivity index (χ1v) is 11.2. The van der Waals surface area contributed by atoms with Crippen molar-refractivity contribution < 1.29 is 19.4 Å². The van der Waals surface area contributed by atoms with Gasteiger partial charge in [-0.1, -0.05) is 37.5 Å². The number of hydrogen-bond donors (Lipinski definition) is 3. The standard InChI is InChI=1S/C21H31N3O4.C3H6/c25-13-10-22-20(27)21(8-2-1-3-9-21)23-19(26)18-6-4-17(5-7-18)16-24-11-14-28-15-12-24;1-3-2/h4-7,25H,1-3,8-16H2,(H,22,27)(H,23,26);3H,1H2,2H3. The molecular formula is C24H37N3O4. The molecule has 0 unspecified atom stereocenters. The smallest absolute Gasteiger partial charge is 0.252 e. The second-order valence-corrected chi connectivity index (χ2v) is 8.07. The number of rotatable bonds is 7. The summed E-state index contributed by atoms with van der Waals surface area (Å²) >= 11 is 0. The summed E-state index contributed by atoms with van der Waals surface area (Å²) in [7, 11) is 0. The lowest BCUT2D eigenvalue weighted by Gasteiger charge is -2.36. The maximum Gasteiger partial charge on any atom is 0.252 e. The van der Waals surface area contributed by atoms with Gasteiger partial charge in [0.05, 0.1) is 19.8 Å². The van der Waals surface area contributed by atoms with Gasteiger partial charge in [-0.15, -0.1) is 6.58 Å². The lowest BCUT2D eigenvalue weighted by Crippen LogP contribution is -2.60. The third kappa shape index (κ3) is 7.76. The van der Waals surface area contributed by atoms with Crippen LogP contribution < -0.4 is 10.6 Å². The van der Waals surface area contributed by atoms with Crippen LogP contribution in [0.5, 0.6) is 0 Å². The van der Waals surface area contributed by atoms with Gasteiger partial charge in [0.2, 0.25) is 5.91 Å². The number of carbonyl (C=O) groups excluding carboxylic acids is 2. The van der Waals surface area contributed by atoms with Crippen LogP contribution in [0.15, 0.2) is 36.9 Å². The molecule has 1 aliphatic heterocycles. The van der Waals surface area contributed by atoms with Crippen molar-refractivity contribution in [3.05, 3.63) is 48.0 Å². The number of benzene rings is 1. The largest absolute Gasteiger partial charge is 0.395 e. The maximum absolute atomic E-state index is 12.8. The summed E-state index contributed by atoms with van der Waals surface area (Å²) in [5.41, 5.74) is 0.842. The highest BCUT2D eigenvalue weighted by Crippen LogP contribution is 2.29. The van der Waals surface area contributed by atoms with Gasteiger partial charge in [-0.25, -0.2) is 0 Å². The first kappa shape index (κ1) is 25.0. The van der Waals surface area contributed by atoms with Crippen LogP contribution in [0.3, 0.4) is 0 Å². The number of ether oxygens (including phenoxy) is 1. The Kier molecular flexibility index (Phi) is 10.7. The fourth-order valence-corrected chi connectivity index (χ4v) is 3.97. The van der Waals surface area contributed by atoms with Crippen LogP contribution >= 0.6 is 0 Å². The Hall–Kier alpha value is -2.22. The molecule has 0 spiro atoms. The second-order valence-electron chi connectivity index (χ2n) is 8.07. The number of morpholine rings is 1. The molecule has 1 saturated carbocycles. The summed E-state index contributed by atoms with van der Waals surface area (Å²) in [6.07, 6.45) is 5.90. The minimum absolute atomic E-state index is 0.111. The number of allylic oxidation sites excluding steroid dienone is 1. The molecule has 3 rings (SSSR count). The molecule has 2 aliphatic rings. The Morgan fingerprint density at radius 1 is 1.16 bits per heavy atom. The molecule has 0 radical (unpaired) electrons. The van der Waals surface area contributed by atoms with Gasteiger partial charge < -0.3 is 20.5 Å².